The highest BCUT2D eigenvalue weighted by atomic mass is 32.2. The van der Waals surface area contributed by atoms with E-state index in [9.17, 15) is 8.42 Å². The third-order valence-electron chi connectivity index (χ3n) is 4.41. The predicted molar refractivity (Wildman–Crippen MR) is 89.1 cm³/mol. The number of benzene rings is 1. The van der Waals surface area contributed by atoms with E-state index in [0.717, 1.165) is 12.8 Å². The van der Waals surface area contributed by atoms with Crippen molar-refractivity contribution in [2.75, 3.05) is 6.26 Å². The van der Waals surface area contributed by atoms with Gasteiger partial charge < -0.3 is 0 Å². The molecule has 2 rings (SSSR count). The summed E-state index contributed by atoms with van der Waals surface area (Å²) in [5, 5.41) is 0. The van der Waals surface area contributed by atoms with E-state index >= 15 is 0 Å². The highest BCUT2D eigenvalue weighted by Gasteiger charge is 2.46. The van der Waals surface area contributed by atoms with Gasteiger partial charge in [0.05, 0.1) is 12.4 Å². The molecular formula is C17H27NO3S. The molecule has 1 aliphatic heterocycles. The molecule has 0 aliphatic carbocycles. The summed E-state index contributed by atoms with van der Waals surface area (Å²) >= 11 is 0. The van der Waals surface area contributed by atoms with Crippen LogP contribution in [0, 0.1) is 0 Å². The zero-order chi connectivity index (χ0) is 16.6. The van der Waals surface area contributed by atoms with Crippen molar-refractivity contribution in [1.29, 1.82) is 0 Å². The molecular weight excluding hydrogens is 298 g/mol. The molecule has 0 atom stereocenters. The van der Waals surface area contributed by atoms with E-state index < -0.39 is 10.1 Å². The lowest BCUT2D eigenvalue weighted by Gasteiger charge is -2.55. The Bertz CT molecular complexity index is 590. The zero-order valence-corrected chi connectivity index (χ0v) is 15.0. The smallest absolute Gasteiger partial charge is 0.264 e. The lowest BCUT2D eigenvalue weighted by atomic mass is 9.78. The lowest BCUT2D eigenvalue weighted by Crippen LogP contribution is -2.61. The molecule has 5 heteroatoms. The maximum Gasteiger partial charge on any atom is 0.264 e. The Hall–Kier alpha value is -0.910. The van der Waals surface area contributed by atoms with Gasteiger partial charge in [0.15, 0.2) is 0 Å². The Morgan fingerprint density at radius 1 is 1.09 bits per heavy atom. The first kappa shape index (κ1) is 17.4. The fourth-order valence-electron chi connectivity index (χ4n) is 3.74. The Labute approximate surface area is 134 Å². The van der Waals surface area contributed by atoms with Gasteiger partial charge in [-0.15, -0.1) is 0 Å². The zero-order valence-electron chi connectivity index (χ0n) is 14.2. The van der Waals surface area contributed by atoms with Gasteiger partial charge in [0.2, 0.25) is 0 Å². The van der Waals surface area contributed by atoms with E-state index in [1.165, 1.54) is 5.56 Å². The molecule has 1 aromatic rings. The van der Waals surface area contributed by atoms with Crippen molar-refractivity contribution >= 4 is 10.1 Å². The van der Waals surface area contributed by atoms with Crippen molar-refractivity contribution in [1.82, 2.24) is 4.90 Å². The van der Waals surface area contributed by atoms with Gasteiger partial charge in [0, 0.05) is 17.6 Å². The van der Waals surface area contributed by atoms with E-state index in [4.69, 9.17) is 4.18 Å². The highest BCUT2D eigenvalue weighted by Crippen LogP contribution is 2.40. The van der Waals surface area contributed by atoms with Crippen molar-refractivity contribution in [2.45, 2.75) is 64.3 Å². The van der Waals surface area contributed by atoms with Crippen LogP contribution in [-0.2, 0) is 20.8 Å². The Morgan fingerprint density at radius 3 is 2.05 bits per heavy atom. The van der Waals surface area contributed by atoms with Gasteiger partial charge in [-0.2, -0.15) is 8.42 Å². The maximum atomic E-state index is 11.5. The van der Waals surface area contributed by atoms with E-state index in [1.54, 1.807) is 0 Å². The van der Waals surface area contributed by atoms with Crippen molar-refractivity contribution in [3.8, 4) is 0 Å². The third kappa shape index (κ3) is 4.31. The first-order valence-corrected chi connectivity index (χ1v) is 9.51. The van der Waals surface area contributed by atoms with E-state index in [0.29, 0.717) is 12.8 Å². The van der Waals surface area contributed by atoms with Crippen molar-refractivity contribution in [3.63, 3.8) is 0 Å². The van der Waals surface area contributed by atoms with Crippen molar-refractivity contribution < 1.29 is 12.6 Å². The quantitative estimate of drug-likeness (QED) is 0.798. The fraction of sp³-hybridized carbons (Fsp3) is 0.647. The molecule has 0 saturated carbocycles. The Morgan fingerprint density at radius 2 is 1.59 bits per heavy atom. The minimum atomic E-state index is -3.42. The molecule has 1 aromatic carbocycles. The molecule has 124 valence electrons. The van der Waals surface area contributed by atoms with Crippen LogP contribution in [0.15, 0.2) is 30.3 Å². The monoisotopic (exact) mass is 325 g/mol. The predicted octanol–water partition coefficient (Wildman–Crippen LogP) is 3.18. The summed E-state index contributed by atoms with van der Waals surface area (Å²) < 4.78 is 28.2. The highest BCUT2D eigenvalue weighted by molar-refractivity contribution is 7.86. The molecule has 4 nitrogen and oxygen atoms in total. The molecule has 22 heavy (non-hydrogen) atoms. The molecule has 1 heterocycles. The molecule has 0 amide bonds. The van der Waals surface area contributed by atoms with E-state index in [2.05, 4.69) is 56.9 Å². The van der Waals surface area contributed by atoms with Crippen molar-refractivity contribution in [3.05, 3.63) is 35.9 Å². The number of piperidine rings is 1. The first-order chi connectivity index (χ1) is 10.00. The largest absolute Gasteiger partial charge is 0.289 e. The average molecular weight is 325 g/mol. The van der Waals surface area contributed by atoms with Crippen LogP contribution in [0.1, 0.15) is 46.1 Å². The standard InChI is InChI=1S/C17H27NO3S/c1-16(2)11-15(21-22(5,19)20)12-17(3,4)18(16)13-14-9-7-6-8-10-14/h6-10,15H,11-13H2,1-5H3. The summed E-state index contributed by atoms with van der Waals surface area (Å²) in [7, 11) is -3.42. The Kier molecular flexibility index (Phi) is 4.71. The summed E-state index contributed by atoms with van der Waals surface area (Å²) in [5.74, 6) is 0. The van der Waals surface area contributed by atoms with Gasteiger partial charge in [-0.05, 0) is 46.1 Å². The van der Waals surface area contributed by atoms with Crippen LogP contribution in [0.25, 0.3) is 0 Å². The maximum absolute atomic E-state index is 11.5. The lowest BCUT2D eigenvalue weighted by molar-refractivity contribution is -0.0771. The van der Waals surface area contributed by atoms with Crippen LogP contribution < -0.4 is 0 Å². The second-order valence-corrected chi connectivity index (χ2v) is 9.13. The minimum Gasteiger partial charge on any atom is -0.289 e. The molecule has 0 radical (unpaired) electrons. The first-order valence-electron chi connectivity index (χ1n) is 7.70. The van der Waals surface area contributed by atoms with Crippen LogP contribution in [0.4, 0.5) is 0 Å². The molecule has 0 aromatic heterocycles. The van der Waals surface area contributed by atoms with Gasteiger partial charge >= 0.3 is 0 Å². The van der Waals surface area contributed by atoms with Gasteiger partial charge in [0.1, 0.15) is 0 Å². The average Bonchev–Trinajstić information content (AvgIpc) is 2.32. The van der Waals surface area contributed by atoms with Crippen LogP contribution in [0.5, 0.6) is 0 Å². The fourth-order valence-corrected chi connectivity index (χ4v) is 4.37. The summed E-state index contributed by atoms with van der Waals surface area (Å²) in [4.78, 5) is 2.46. The summed E-state index contributed by atoms with van der Waals surface area (Å²) in [6, 6.07) is 10.4. The van der Waals surface area contributed by atoms with Gasteiger partial charge in [-0.1, -0.05) is 30.3 Å². The van der Waals surface area contributed by atoms with Gasteiger partial charge in [0.25, 0.3) is 10.1 Å². The second-order valence-electron chi connectivity index (χ2n) is 7.53. The normalized spacial score (nSPS) is 22.6. The topological polar surface area (TPSA) is 46.6 Å². The number of hydrogen-bond acceptors (Lipinski definition) is 4. The van der Waals surface area contributed by atoms with E-state index in [-0.39, 0.29) is 17.2 Å². The number of likely N-dealkylation sites (tertiary alicyclic amines) is 1. The van der Waals surface area contributed by atoms with Crippen LogP contribution in [0.2, 0.25) is 0 Å². The third-order valence-corrected chi connectivity index (χ3v) is 5.03. The van der Waals surface area contributed by atoms with Crippen LogP contribution in [-0.4, -0.2) is 36.8 Å². The molecule has 1 fully saturated rings. The summed E-state index contributed by atoms with van der Waals surface area (Å²) in [6.07, 6.45) is 2.28. The number of hydrogen-bond donors (Lipinski definition) is 0. The molecule has 1 saturated heterocycles. The number of rotatable bonds is 4. The second kappa shape index (κ2) is 5.95. The summed E-state index contributed by atoms with van der Waals surface area (Å²) in [6.45, 7) is 9.50. The van der Waals surface area contributed by atoms with E-state index in [1.807, 2.05) is 6.07 Å². The van der Waals surface area contributed by atoms with Crippen LogP contribution >= 0.6 is 0 Å². The molecule has 1 aliphatic rings. The van der Waals surface area contributed by atoms with Gasteiger partial charge in [-0.3, -0.25) is 9.08 Å². The molecule has 0 unspecified atom stereocenters. The van der Waals surface area contributed by atoms with Crippen LogP contribution in [0.3, 0.4) is 0 Å². The molecule has 0 N–H and O–H groups in total. The van der Waals surface area contributed by atoms with Crippen molar-refractivity contribution in [2.24, 2.45) is 0 Å². The summed E-state index contributed by atoms with van der Waals surface area (Å²) in [5.41, 5.74) is 1.01. The Balaban J connectivity index is 2.21. The minimum absolute atomic E-state index is 0.132. The van der Waals surface area contributed by atoms with Gasteiger partial charge in [-0.25, -0.2) is 0 Å². The number of nitrogens with zero attached hydrogens (tertiary/aromatic N) is 1. The SMILES string of the molecule is CC1(C)CC(OS(C)(=O)=O)CC(C)(C)N1Cc1ccccc1. The molecule has 0 spiro atoms. The molecule has 0 bridgehead atoms.